The number of nitrogens with zero attached hydrogens (tertiary/aromatic N) is 2. The Morgan fingerprint density at radius 2 is 1.96 bits per heavy atom. The summed E-state index contributed by atoms with van der Waals surface area (Å²) in [7, 11) is 2.91. The number of benzene rings is 2. The number of amides is 1. The molecule has 0 spiro atoms. The minimum Gasteiger partial charge on any atom is -0.398 e. The molecule has 0 unspecified atom stereocenters. The van der Waals surface area contributed by atoms with Gasteiger partial charge in [0.25, 0.3) is 5.91 Å². The van der Waals surface area contributed by atoms with Crippen molar-refractivity contribution < 1.29 is 14.5 Å². The molecule has 0 atom stereocenters. The van der Waals surface area contributed by atoms with Crippen LogP contribution in [0.4, 0.5) is 0 Å². The van der Waals surface area contributed by atoms with Gasteiger partial charge in [-0.05, 0) is 31.0 Å². The summed E-state index contributed by atoms with van der Waals surface area (Å²) in [5, 5.41) is 11.0. The van der Waals surface area contributed by atoms with Gasteiger partial charge in [-0.25, -0.2) is 0 Å². The average Bonchev–Trinajstić information content (AvgIpc) is 2.70. The molecule has 0 aromatic heterocycles. The lowest BCUT2D eigenvalue weighted by Crippen LogP contribution is -2.29. The molecule has 2 aromatic carbocycles. The van der Waals surface area contributed by atoms with Gasteiger partial charge in [0.2, 0.25) is 0 Å². The first-order valence-electron chi connectivity index (χ1n) is 8.40. The number of carbonyl (C=O) groups is 1. The van der Waals surface area contributed by atoms with Gasteiger partial charge >= 0.3 is 0 Å². The lowest BCUT2D eigenvalue weighted by atomic mass is 10.0. The van der Waals surface area contributed by atoms with Crippen LogP contribution in [0.25, 0.3) is 0 Å². The fraction of sp³-hybridized carbons (Fsp3) is 0.190. The third-order valence-electron chi connectivity index (χ3n) is 3.53. The van der Waals surface area contributed by atoms with Crippen molar-refractivity contribution in [2.75, 3.05) is 14.2 Å². The summed E-state index contributed by atoms with van der Waals surface area (Å²) in [5.74, 6) is 5.52. The normalized spacial score (nSPS) is 11.3. The van der Waals surface area contributed by atoms with Gasteiger partial charge in [-0.3, -0.25) is 4.79 Å². The van der Waals surface area contributed by atoms with Crippen LogP contribution in [0.3, 0.4) is 0 Å². The van der Waals surface area contributed by atoms with Crippen molar-refractivity contribution in [3.05, 3.63) is 70.2 Å². The van der Waals surface area contributed by atoms with Gasteiger partial charge in [-0.1, -0.05) is 58.2 Å². The van der Waals surface area contributed by atoms with Crippen molar-refractivity contribution in [2.45, 2.75) is 13.5 Å². The number of hydrogen-bond acceptors (Lipinski definition) is 5. The first kappa shape index (κ1) is 21.0. The van der Waals surface area contributed by atoms with Crippen LogP contribution in [0.1, 0.15) is 23.6 Å². The second kappa shape index (κ2) is 10.8. The highest BCUT2D eigenvalue weighted by molar-refractivity contribution is 6.45. The summed E-state index contributed by atoms with van der Waals surface area (Å²) in [6.07, 6.45) is 0. The van der Waals surface area contributed by atoms with Crippen molar-refractivity contribution >= 4 is 28.9 Å². The Hall–Kier alpha value is -3.30. The van der Waals surface area contributed by atoms with E-state index in [0.29, 0.717) is 16.3 Å². The Morgan fingerprint density at radius 3 is 2.68 bits per heavy atom. The Labute approximate surface area is 169 Å². The largest absolute Gasteiger partial charge is 0.398 e. The number of hydrogen-bond donors (Lipinski definition) is 1. The summed E-state index contributed by atoms with van der Waals surface area (Å²) in [5.41, 5.74) is 2.79. The van der Waals surface area contributed by atoms with E-state index in [1.54, 1.807) is 31.2 Å². The second-order valence-electron chi connectivity index (χ2n) is 5.57. The van der Waals surface area contributed by atoms with E-state index in [2.05, 4.69) is 27.5 Å². The zero-order valence-electron chi connectivity index (χ0n) is 15.8. The van der Waals surface area contributed by atoms with Crippen LogP contribution in [0.2, 0.25) is 5.02 Å². The molecule has 0 aliphatic heterocycles. The first-order chi connectivity index (χ1) is 13.5. The molecule has 0 saturated carbocycles. The SMILES string of the molecule is CNC(=O)/C(=N/OC)c1ccccc1CO/N=C(\C)C#Cc1cccc(Cl)c1. The maximum absolute atomic E-state index is 12.1. The van der Waals surface area contributed by atoms with Crippen LogP contribution in [0.15, 0.2) is 58.8 Å². The second-order valence-corrected chi connectivity index (χ2v) is 6.01. The summed E-state index contributed by atoms with van der Waals surface area (Å²) in [4.78, 5) is 22.3. The Kier molecular flexibility index (Phi) is 8.07. The van der Waals surface area contributed by atoms with E-state index >= 15 is 0 Å². The summed E-state index contributed by atoms with van der Waals surface area (Å²) in [6.45, 7) is 1.89. The molecule has 0 bridgehead atoms. The van der Waals surface area contributed by atoms with E-state index in [1.807, 2.05) is 24.3 Å². The molecule has 0 saturated heterocycles. The lowest BCUT2D eigenvalue weighted by Gasteiger charge is -2.09. The van der Waals surface area contributed by atoms with E-state index in [4.69, 9.17) is 21.3 Å². The van der Waals surface area contributed by atoms with Crippen molar-refractivity contribution in [1.82, 2.24) is 5.32 Å². The smallest absolute Gasteiger partial charge is 0.273 e. The number of halogens is 1. The zero-order valence-corrected chi connectivity index (χ0v) is 16.6. The monoisotopic (exact) mass is 397 g/mol. The highest BCUT2D eigenvalue weighted by atomic mass is 35.5. The number of rotatable bonds is 6. The van der Waals surface area contributed by atoms with Crippen LogP contribution in [0.5, 0.6) is 0 Å². The van der Waals surface area contributed by atoms with E-state index in [-0.39, 0.29) is 18.2 Å². The fourth-order valence-electron chi connectivity index (χ4n) is 2.25. The summed E-state index contributed by atoms with van der Waals surface area (Å²) < 4.78 is 0. The third-order valence-corrected chi connectivity index (χ3v) is 3.77. The molecule has 1 N–H and O–H groups in total. The van der Waals surface area contributed by atoms with Gasteiger partial charge < -0.3 is 15.0 Å². The fourth-order valence-corrected chi connectivity index (χ4v) is 2.44. The van der Waals surface area contributed by atoms with Crippen molar-refractivity contribution in [3.63, 3.8) is 0 Å². The average molecular weight is 398 g/mol. The molecule has 2 aromatic rings. The molecule has 7 heteroatoms. The Balaban J connectivity index is 2.12. The van der Waals surface area contributed by atoms with Crippen molar-refractivity contribution in [1.29, 1.82) is 0 Å². The van der Waals surface area contributed by atoms with E-state index < -0.39 is 0 Å². The molecule has 28 heavy (non-hydrogen) atoms. The molecule has 0 aliphatic carbocycles. The van der Waals surface area contributed by atoms with Crippen LogP contribution >= 0.6 is 11.6 Å². The molecule has 0 radical (unpaired) electrons. The van der Waals surface area contributed by atoms with Crippen LogP contribution < -0.4 is 5.32 Å². The van der Waals surface area contributed by atoms with Gasteiger partial charge in [0.15, 0.2) is 5.71 Å². The van der Waals surface area contributed by atoms with Crippen molar-refractivity contribution in [2.24, 2.45) is 10.3 Å². The van der Waals surface area contributed by atoms with E-state index in [0.717, 1.165) is 11.1 Å². The van der Waals surface area contributed by atoms with Crippen LogP contribution in [0, 0.1) is 11.8 Å². The maximum atomic E-state index is 12.1. The predicted molar refractivity (Wildman–Crippen MR) is 110 cm³/mol. The van der Waals surface area contributed by atoms with Gasteiger partial charge in [0.1, 0.15) is 19.4 Å². The van der Waals surface area contributed by atoms with E-state index in [1.165, 1.54) is 14.2 Å². The summed E-state index contributed by atoms with van der Waals surface area (Å²) >= 11 is 5.94. The van der Waals surface area contributed by atoms with Crippen molar-refractivity contribution in [3.8, 4) is 11.8 Å². The molecule has 1 amide bonds. The third kappa shape index (κ3) is 6.15. The molecule has 6 nitrogen and oxygen atoms in total. The first-order valence-corrected chi connectivity index (χ1v) is 8.78. The summed E-state index contributed by atoms with van der Waals surface area (Å²) in [6, 6.07) is 14.5. The molecular weight excluding hydrogens is 378 g/mol. The van der Waals surface area contributed by atoms with Crippen LogP contribution in [-0.4, -0.2) is 31.5 Å². The minimum atomic E-state index is -0.360. The molecule has 2 rings (SSSR count). The predicted octanol–water partition coefficient (Wildman–Crippen LogP) is 3.38. The number of likely N-dealkylation sites (N-methyl/N-ethyl adjacent to an activating group) is 1. The molecular formula is C21H20ClN3O3. The maximum Gasteiger partial charge on any atom is 0.273 e. The number of carbonyl (C=O) groups excluding carboxylic acids is 1. The Bertz CT molecular complexity index is 959. The molecule has 0 aliphatic rings. The van der Waals surface area contributed by atoms with Gasteiger partial charge in [0.05, 0.1) is 0 Å². The lowest BCUT2D eigenvalue weighted by molar-refractivity contribution is -0.114. The number of oxime groups is 2. The topological polar surface area (TPSA) is 72.3 Å². The van der Waals surface area contributed by atoms with Gasteiger partial charge in [0, 0.05) is 28.8 Å². The van der Waals surface area contributed by atoms with Gasteiger partial charge in [-0.15, -0.1) is 0 Å². The highest BCUT2D eigenvalue weighted by Crippen LogP contribution is 2.13. The Morgan fingerprint density at radius 1 is 1.18 bits per heavy atom. The zero-order chi connectivity index (χ0) is 20.4. The van der Waals surface area contributed by atoms with E-state index in [9.17, 15) is 4.79 Å². The number of nitrogens with one attached hydrogen (secondary N) is 1. The molecule has 144 valence electrons. The van der Waals surface area contributed by atoms with Crippen LogP contribution in [-0.2, 0) is 21.1 Å². The molecule has 0 heterocycles. The standard InChI is InChI=1S/C21H20ClN3O3/c1-15(11-12-16-7-6-9-18(22)13-16)24-28-14-17-8-4-5-10-19(17)20(25-27-3)21(26)23-2/h4-10,13H,14H2,1-3H3,(H,23,26)/b24-15+,25-20+. The minimum absolute atomic E-state index is 0.145. The quantitative estimate of drug-likeness (QED) is 0.461. The van der Waals surface area contributed by atoms with Gasteiger partial charge in [-0.2, -0.15) is 0 Å². The highest BCUT2D eigenvalue weighted by Gasteiger charge is 2.17. The molecule has 0 fully saturated rings.